The van der Waals surface area contributed by atoms with Crippen molar-refractivity contribution in [3.05, 3.63) is 39.2 Å². The van der Waals surface area contributed by atoms with Gasteiger partial charge in [0.05, 0.1) is 21.2 Å². The third-order valence-electron chi connectivity index (χ3n) is 1.50. The number of rotatable bonds is 1. The Morgan fingerprint density at radius 1 is 1.46 bits per heavy atom. The Morgan fingerprint density at radius 2 is 2.31 bits per heavy atom. The average molecular weight is 213 g/mol. The molecule has 1 N–H and O–H groups in total. The van der Waals surface area contributed by atoms with Gasteiger partial charge >= 0.3 is 0 Å². The maximum Gasteiger partial charge on any atom is 0.251 e. The molecule has 0 aliphatic heterocycles. The summed E-state index contributed by atoms with van der Waals surface area (Å²) in [5, 5.41) is 0. The fourth-order valence-electron chi connectivity index (χ4n) is 0.955. The van der Waals surface area contributed by atoms with Gasteiger partial charge in [0, 0.05) is 6.07 Å². The summed E-state index contributed by atoms with van der Waals surface area (Å²) in [6.07, 6.45) is 1.38. The van der Waals surface area contributed by atoms with E-state index in [1.54, 1.807) is 6.07 Å². The Kier molecular flexibility index (Phi) is 2.16. The van der Waals surface area contributed by atoms with Gasteiger partial charge in [0.1, 0.15) is 0 Å². The summed E-state index contributed by atoms with van der Waals surface area (Å²) in [5.74, 6) is 0. The molecule has 2 heterocycles. The van der Waals surface area contributed by atoms with E-state index in [0.29, 0.717) is 10.0 Å². The third-order valence-corrected chi connectivity index (χ3v) is 2.76. The number of thiophene rings is 1. The molecule has 0 fully saturated rings. The Balaban J connectivity index is 2.52. The monoisotopic (exact) mass is 212 g/mol. The summed E-state index contributed by atoms with van der Waals surface area (Å²) in [7, 11) is 0. The Morgan fingerprint density at radius 3 is 2.92 bits per heavy atom. The highest BCUT2D eigenvalue weighted by molar-refractivity contribution is 7.19. The minimum absolute atomic E-state index is 0.158. The summed E-state index contributed by atoms with van der Waals surface area (Å²) >= 11 is 7.15. The molecule has 0 amide bonds. The molecule has 0 radical (unpaired) electrons. The number of hydrogen-bond donors (Lipinski definition) is 1. The van der Waals surface area contributed by atoms with E-state index in [1.807, 2.05) is 6.07 Å². The van der Waals surface area contributed by atoms with Crippen molar-refractivity contribution in [3.8, 4) is 10.6 Å². The molecule has 0 aromatic carbocycles. The average Bonchev–Trinajstić information content (AvgIpc) is 2.52. The molecule has 2 rings (SSSR count). The molecule has 13 heavy (non-hydrogen) atoms. The maximum absolute atomic E-state index is 10.9. The fourth-order valence-corrected chi connectivity index (χ4v) is 1.97. The van der Waals surface area contributed by atoms with Gasteiger partial charge in [-0.05, 0) is 12.1 Å². The highest BCUT2D eigenvalue weighted by atomic mass is 35.5. The molecule has 0 atom stereocenters. The van der Waals surface area contributed by atoms with Gasteiger partial charge in [-0.2, -0.15) is 0 Å². The highest BCUT2D eigenvalue weighted by Crippen LogP contribution is 2.28. The van der Waals surface area contributed by atoms with Crippen molar-refractivity contribution >= 4 is 22.9 Å². The van der Waals surface area contributed by atoms with Gasteiger partial charge in [-0.25, -0.2) is 4.98 Å². The minimum Gasteiger partial charge on any atom is -0.313 e. The maximum atomic E-state index is 10.9. The van der Waals surface area contributed by atoms with Crippen LogP contribution in [0.1, 0.15) is 0 Å². The van der Waals surface area contributed by atoms with Gasteiger partial charge in [0.15, 0.2) is 0 Å². The van der Waals surface area contributed by atoms with Crippen LogP contribution >= 0.6 is 22.9 Å². The molecular formula is C8H5ClN2OS. The number of nitrogens with zero attached hydrogens (tertiary/aromatic N) is 1. The molecule has 3 nitrogen and oxygen atoms in total. The SMILES string of the molecule is O=c1cc(-c2ccc(Cl)s2)nc[nH]1. The topological polar surface area (TPSA) is 45.8 Å². The Hall–Kier alpha value is -1.13. The van der Waals surface area contributed by atoms with Gasteiger partial charge in [0.2, 0.25) is 0 Å². The van der Waals surface area contributed by atoms with Gasteiger partial charge in [-0.15, -0.1) is 11.3 Å². The molecule has 0 aliphatic carbocycles. The molecule has 2 aromatic rings. The predicted molar refractivity (Wildman–Crippen MR) is 53.2 cm³/mol. The molecule has 0 unspecified atom stereocenters. The van der Waals surface area contributed by atoms with Gasteiger partial charge in [-0.3, -0.25) is 4.79 Å². The Labute approximate surface area is 83.0 Å². The van der Waals surface area contributed by atoms with Crippen LogP contribution in [0.25, 0.3) is 10.6 Å². The van der Waals surface area contributed by atoms with Crippen molar-refractivity contribution in [1.29, 1.82) is 0 Å². The third kappa shape index (κ3) is 1.79. The molecule has 0 bridgehead atoms. The van der Waals surface area contributed by atoms with Crippen molar-refractivity contribution in [2.75, 3.05) is 0 Å². The molecule has 0 saturated carbocycles. The second kappa shape index (κ2) is 3.32. The van der Waals surface area contributed by atoms with Crippen molar-refractivity contribution in [2.45, 2.75) is 0 Å². The van der Waals surface area contributed by atoms with Crippen LogP contribution in [0.2, 0.25) is 4.34 Å². The van der Waals surface area contributed by atoms with E-state index in [4.69, 9.17) is 11.6 Å². The highest BCUT2D eigenvalue weighted by Gasteiger charge is 2.02. The van der Waals surface area contributed by atoms with E-state index >= 15 is 0 Å². The van der Waals surface area contributed by atoms with Crippen molar-refractivity contribution in [2.24, 2.45) is 0 Å². The minimum atomic E-state index is -0.158. The first-order chi connectivity index (χ1) is 6.25. The van der Waals surface area contributed by atoms with Crippen LogP contribution in [0.4, 0.5) is 0 Å². The number of hydrogen-bond acceptors (Lipinski definition) is 3. The van der Waals surface area contributed by atoms with Crippen LogP contribution in [0.15, 0.2) is 29.3 Å². The number of halogens is 1. The number of aromatic nitrogens is 2. The van der Waals surface area contributed by atoms with Gasteiger partial charge in [-0.1, -0.05) is 11.6 Å². The number of aromatic amines is 1. The fraction of sp³-hybridized carbons (Fsp3) is 0. The first-order valence-corrected chi connectivity index (χ1v) is 4.75. The first-order valence-electron chi connectivity index (χ1n) is 3.56. The first kappa shape index (κ1) is 8.47. The lowest BCUT2D eigenvalue weighted by Crippen LogP contribution is -2.03. The molecule has 2 aromatic heterocycles. The van der Waals surface area contributed by atoms with Crippen molar-refractivity contribution in [1.82, 2.24) is 9.97 Å². The lowest BCUT2D eigenvalue weighted by atomic mass is 10.3. The normalized spacial score (nSPS) is 10.2. The standard InChI is InChI=1S/C8H5ClN2OS/c9-7-2-1-6(13-7)5-3-8(12)11-4-10-5/h1-4H,(H,10,11,12). The van der Waals surface area contributed by atoms with E-state index < -0.39 is 0 Å². The lowest BCUT2D eigenvalue weighted by molar-refractivity contribution is 1.13. The van der Waals surface area contributed by atoms with E-state index in [9.17, 15) is 4.79 Å². The van der Waals surface area contributed by atoms with E-state index in [2.05, 4.69) is 9.97 Å². The van der Waals surface area contributed by atoms with Crippen LogP contribution < -0.4 is 5.56 Å². The zero-order valence-corrected chi connectivity index (χ0v) is 8.02. The molecule has 66 valence electrons. The molecule has 0 spiro atoms. The van der Waals surface area contributed by atoms with E-state index in [1.165, 1.54) is 23.7 Å². The summed E-state index contributed by atoms with van der Waals surface area (Å²) in [4.78, 5) is 18.3. The van der Waals surface area contributed by atoms with E-state index in [0.717, 1.165) is 4.88 Å². The van der Waals surface area contributed by atoms with Crippen LogP contribution in [-0.2, 0) is 0 Å². The summed E-state index contributed by atoms with van der Waals surface area (Å²) in [6, 6.07) is 5.07. The van der Waals surface area contributed by atoms with Crippen LogP contribution in [0.3, 0.4) is 0 Å². The summed E-state index contributed by atoms with van der Waals surface area (Å²) in [5.41, 5.74) is 0.496. The summed E-state index contributed by atoms with van der Waals surface area (Å²) in [6.45, 7) is 0. The zero-order chi connectivity index (χ0) is 9.26. The second-order valence-electron chi connectivity index (χ2n) is 2.40. The quantitative estimate of drug-likeness (QED) is 0.788. The Bertz CT molecular complexity index is 477. The predicted octanol–water partition coefficient (Wildman–Crippen LogP) is 2.15. The van der Waals surface area contributed by atoms with Crippen molar-refractivity contribution < 1.29 is 0 Å². The van der Waals surface area contributed by atoms with Crippen LogP contribution in [0.5, 0.6) is 0 Å². The van der Waals surface area contributed by atoms with Crippen LogP contribution in [0, 0.1) is 0 Å². The largest absolute Gasteiger partial charge is 0.313 e. The van der Waals surface area contributed by atoms with Crippen LogP contribution in [-0.4, -0.2) is 9.97 Å². The lowest BCUT2D eigenvalue weighted by Gasteiger charge is -1.92. The smallest absolute Gasteiger partial charge is 0.251 e. The van der Waals surface area contributed by atoms with E-state index in [-0.39, 0.29) is 5.56 Å². The molecule has 5 heteroatoms. The van der Waals surface area contributed by atoms with Gasteiger partial charge in [0.25, 0.3) is 5.56 Å². The number of H-pyrrole nitrogens is 1. The van der Waals surface area contributed by atoms with Crippen molar-refractivity contribution in [3.63, 3.8) is 0 Å². The zero-order valence-electron chi connectivity index (χ0n) is 6.45. The number of nitrogens with one attached hydrogen (secondary N) is 1. The molecule has 0 aliphatic rings. The van der Waals surface area contributed by atoms with Gasteiger partial charge < -0.3 is 4.98 Å². The molecule has 0 saturated heterocycles. The molecular weight excluding hydrogens is 208 g/mol. The second-order valence-corrected chi connectivity index (χ2v) is 4.12. The summed E-state index contributed by atoms with van der Waals surface area (Å²) < 4.78 is 0.692.